The monoisotopic (exact) mass is 639 g/mol. The van der Waals surface area contributed by atoms with E-state index in [1.165, 1.54) is 31.4 Å². The third-order valence-corrected chi connectivity index (χ3v) is 9.05. The standard InChI is InChI=1S/C24H22Cl2N6O7S2/c1-3-31(15-6-4-5-14(25)11-15)40(34,35)21-10-7-16(39-2)12-19(21)28-29-22-23(27)30-32(24(22)33)20-13-17(41(36,37)38)8-9-18(20)26/h4-13,30H,3,27H2,1-2H3,(H,36,37,38)/p-1. The van der Waals surface area contributed by atoms with Crippen molar-refractivity contribution in [3.05, 3.63) is 81.1 Å². The van der Waals surface area contributed by atoms with Crippen LogP contribution in [0.15, 0.2) is 85.5 Å². The van der Waals surface area contributed by atoms with E-state index >= 15 is 0 Å². The summed E-state index contributed by atoms with van der Waals surface area (Å²) in [5, 5.41) is 10.7. The summed E-state index contributed by atoms with van der Waals surface area (Å²) in [4.78, 5) is 12.3. The van der Waals surface area contributed by atoms with Gasteiger partial charge in [-0.15, -0.1) is 10.2 Å². The number of sulfonamides is 1. The number of azo groups is 1. The molecule has 0 spiro atoms. The summed E-state index contributed by atoms with van der Waals surface area (Å²) >= 11 is 12.2. The molecule has 0 bridgehead atoms. The molecule has 3 aromatic carbocycles. The Kier molecular flexibility index (Phi) is 8.46. The van der Waals surface area contributed by atoms with Crippen molar-refractivity contribution in [2.75, 3.05) is 23.7 Å². The molecule has 0 fully saturated rings. The highest BCUT2D eigenvalue weighted by Gasteiger charge is 2.27. The van der Waals surface area contributed by atoms with E-state index in [1.807, 2.05) is 0 Å². The second-order valence-electron chi connectivity index (χ2n) is 8.27. The molecule has 0 unspecified atom stereocenters. The summed E-state index contributed by atoms with van der Waals surface area (Å²) < 4.78 is 69.0. The van der Waals surface area contributed by atoms with Crippen molar-refractivity contribution in [1.82, 2.24) is 9.78 Å². The molecule has 216 valence electrons. The highest BCUT2D eigenvalue weighted by Crippen LogP contribution is 2.35. The van der Waals surface area contributed by atoms with Gasteiger partial charge in [0.05, 0.1) is 28.4 Å². The average molecular weight is 641 g/mol. The largest absolute Gasteiger partial charge is 0.744 e. The zero-order valence-corrected chi connectivity index (χ0v) is 24.4. The number of nitrogens with one attached hydrogen (secondary N) is 1. The van der Waals surface area contributed by atoms with Crippen molar-refractivity contribution in [2.24, 2.45) is 10.2 Å². The maximum Gasteiger partial charge on any atom is 0.301 e. The molecule has 1 heterocycles. The highest BCUT2D eigenvalue weighted by molar-refractivity contribution is 7.93. The third-order valence-electron chi connectivity index (χ3n) is 5.72. The predicted molar refractivity (Wildman–Crippen MR) is 153 cm³/mol. The first-order valence-corrected chi connectivity index (χ1v) is 15.1. The van der Waals surface area contributed by atoms with Crippen molar-refractivity contribution >= 4 is 66.2 Å². The van der Waals surface area contributed by atoms with Crippen LogP contribution >= 0.6 is 23.2 Å². The summed E-state index contributed by atoms with van der Waals surface area (Å²) in [6, 6.07) is 13.3. The molecule has 17 heteroatoms. The fourth-order valence-corrected chi connectivity index (χ4v) is 6.25. The third kappa shape index (κ3) is 6.08. The normalized spacial score (nSPS) is 12.1. The van der Waals surface area contributed by atoms with Gasteiger partial charge in [0.15, 0.2) is 5.69 Å². The second kappa shape index (κ2) is 11.5. The van der Waals surface area contributed by atoms with E-state index in [0.717, 1.165) is 27.2 Å². The Bertz CT molecular complexity index is 1940. The summed E-state index contributed by atoms with van der Waals surface area (Å²) in [5.74, 6) is -0.0443. The van der Waals surface area contributed by atoms with E-state index in [9.17, 15) is 26.2 Å². The Morgan fingerprint density at radius 2 is 1.78 bits per heavy atom. The molecule has 41 heavy (non-hydrogen) atoms. The summed E-state index contributed by atoms with van der Waals surface area (Å²) in [6.07, 6.45) is 0. The lowest BCUT2D eigenvalue weighted by molar-refractivity contribution is 0.414. The fraction of sp³-hybridized carbons (Fsp3) is 0.125. The number of benzene rings is 3. The molecule has 0 aliphatic carbocycles. The Morgan fingerprint density at radius 1 is 1.05 bits per heavy atom. The highest BCUT2D eigenvalue weighted by atomic mass is 35.5. The molecule has 0 amide bonds. The molecular formula is C24H21Cl2N6O7S2-. The van der Waals surface area contributed by atoms with Crippen LogP contribution in [0.1, 0.15) is 6.92 Å². The van der Waals surface area contributed by atoms with Gasteiger partial charge in [-0.05, 0) is 55.5 Å². The lowest BCUT2D eigenvalue weighted by Gasteiger charge is -2.23. The smallest absolute Gasteiger partial charge is 0.301 e. The number of anilines is 2. The number of aromatic amines is 1. The Hall–Kier alpha value is -3.89. The molecule has 0 atom stereocenters. The molecule has 0 saturated carbocycles. The van der Waals surface area contributed by atoms with Crippen molar-refractivity contribution in [3.8, 4) is 11.4 Å². The molecule has 0 radical (unpaired) electrons. The van der Waals surface area contributed by atoms with E-state index in [-0.39, 0.29) is 39.4 Å². The van der Waals surface area contributed by atoms with Gasteiger partial charge in [-0.2, -0.15) is 0 Å². The van der Waals surface area contributed by atoms with Crippen LogP contribution in [0.25, 0.3) is 5.69 Å². The average Bonchev–Trinajstić information content (AvgIpc) is 3.19. The van der Waals surface area contributed by atoms with Crippen LogP contribution < -0.4 is 20.3 Å². The van der Waals surface area contributed by atoms with Gasteiger partial charge < -0.3 is 15.0 Å². The SMILES string of the molecule is CCN(c1cccc(Cl)c1)S(=O)(=O)c1ccc(OC)cc1N=Nc1c(N)[nH]n(-c2cc(S(=O)(=O)[O-])ccc2Cl)c1=O. The van der Waals surface area contributed by atoms with Crippen molar-refractivity contribution in [3.63, 3.8) is 0 Å². The predicted octanol–water partition coefficient (Wildman–Crippen LogP) is 4.60. The number of nitrogen functional groups attached to an aromatic ring is 1. The van der Waals surface area contributed by atoms with Crippen LogP contribution in [-0.2, 0) is 20.1 Å². The first-order valence-electron chi connectivity index (χ1n) is 11.5. The molecule has 4 rings (SSSR count). The number of nitrogens with two attached hydrogens (primary N) is 1. The second-order valence-corrected chi connectivity index (χ2v) is 12.3. The number of aromatic nitrogens is 2. The number of ether oxygens (including phenoxy) is 1. The van der Waals surface area contributed by atoms with Gasteiger partial charge in [-0.3, -0.25) is 14.2 Å². The van der Waals surface area contributed by atoms with E-state index in [1.54, 1.807) is 25.1 Å². The molecule has 1 aromatic heterocycles. The zero-order valence-electron chi connectivity index (χ0n) is 21.3. The van der Waals surface area contributed by atoms with Crippen molar-refractivity contribution in [1.29, 1.82) is 0 Å². The van der Waals surface area contributed by atoms with Crippen LogP contribution in [-0.4, -0.2) is 44.8 Å². The number of H-pyrrole nitrogens is 1. The lowest BCUT2D eigenvalue weighted by Crippen LogP contribution is -2.30. The Labute approximate surface area is 244 Å². The first-order chi connectivity index (χ1) is 19.3. The van der Waals surface area contributed by atoms with Crippen LogP contribution in [0.2, 0.25) is 10.0 Å². The van der Waals surface area contributed by atoms with Crippen LogP contribution in [0.5, 0.6) is 5.75 Å². The Morgan fingerprint density at radius 3 is 2.41 bits per heavy atom. The molecular weight excluding hydrogens is 619 g/mol. The minimum atomic E-state index is -4.86. The number of rotatable bonds is 9. The number of methoxy groups -OCH3 is 1. The van der Waals surface area contributed by atoms with E-state index < -0.39 is 36.3 Å². The number of hydrogen-bond donors (Lipinski definition) is 2. The van der Waals surface area contributed by atoms with E-state index in [2.05, 4.69) is 15.3 Å². The maximum atomic E-state index is 13.7. The number of nitrogens with zero attached hydrogens (tertiary/aromatic N) is 4. The quantitative estimate of drug-likeness (QED) is 0.196. The minimum Gasteiger partial charge on any atom is -0.744 e. The molecule has 4 aromatic rings. The molecule has 13 nitrogen and oxygen atoms in total. The first kappa shape index (κ1) is 30.1. The number of halogens is 2. The summed E-state index contributed by atoms with van der Waals surface area (Å²) in [7, 11) is -7.71. The molecule has 0 aliphatic heterocycles. The minimum absolute atomic E-state index is 0.0552. The van der Waals surface area contributed by atoms with Crippen LogP contribution in [0.3, 0.4) is 0 Å². The topological polar surface area (TPSA) is 192 Å². The van der Waals surface area contributed by atoms with Crippen LogP contribution in [0.4, 0.5) is 22.9 Å². The lowest BCUT2D eigenvalue weighted by atomic mass is 10.3. The van der Waals surface area contributed by atoms with Crippen molar-refractivity contribution < 1.29 is 26.1 Å². The van der Waals surface area contributed by atoms with Gasteiger partial charge in [0.1, 0.15) is 32.3 Å². The maximum absolute atomic E-state index is 13.7. The zero-order chi connectivity index (χ0) is 30.1. The van der Waals surface area contributed by atoms with Gasteiger partial charge in [0.2, 0.25) is 0 Å². The van der Waals surface area contributed by atoms with Crippen LogP contribution in [0, 0.1) is 0 Å². The van der Waals surface area contributed by atoms with Gasteiger partial charge >= 0.3 is 5.56 Å². The van der Waals surface area contributed by atoms with Gasteiger partial charge in [-0.1, -0.05) is 29.3 Å². The van der Waals surface area contributed by atoms with Gasteiger partial charge in [0.25, 0.3) is 10.0 Å². The molecule has 0 aliphatic rings. The summed E-state index contributed by atoms with van der Waals surface area (Å²) in [6.45, 7) is 1.70. The van der Waals surface area contributed by atoms with Gasteiger partial charge in [-0.25, -0.2) is 21.5 Å². The van der Waals surface area contributed by atoms with Gasteiger partial charge in [0, 0.05) is 17.6 Å². The number of hydrogen-bond acceptors (Lipinski definition) is 10. The Balaban J connectivity index is 1.82. The fourth-order valence-electron chi connectivity index (χ4n) is 3.80. The molecule has 0 saturated heterocycles. The van der Waals surface area contributed by atoms with E-state index in [0.29, 0.717) is 10.7 Å². The van der Waals surface area contributed by atoms with Crippen molar-refractivity contribution in [2.45, 2.75) is 16.7 Å². The molecule has 3 N–H and O–H groups in total. The van der Waals surface area contributed by atoms with E-state index in [4.69, 9.17) is 33.7 Å². The summed E-state index contributed by atoms with van der Waals surface area (Å²) in [5.41, 5.74) is 4.55.